The minimum atomic E-state index is -0.114. The van der Waals surface area contributed by atoms with E-state index in [0.29, 0.717) is 12.1 Å². The normalized spacial score (nSPS) is 12.0. The van der Waals surface area contributed by atoms with Crippen LogP contribution >= 0.6 is 11.3 Å². The van der Waals surface area contributed by atoms with Crippen molar-refractivity contribution < 1.29 is 9.53 Å². The fourth-order valence-corrected chi connectivity index (χ4v) is 2.71. The molecule has 112 valence electrons. The number of hydrogen-bond acceptors (Lipinski definition) is 4. The van der Waals surface area contributed by atoms with Gasteiger partial charge in [0.15, 0.2) is 0 Å². The summed E-state index contributed by atoms with van der Waals surface area (Å²) in [6, 6.07) is 9.56. The third kappa shape index (κ3) is 4.06. The van der Waals surface area contributed by atoms with Crippen molar-refractivity contribution in [3.05, 3.63) is 52.2 Å². The van der Waals surface area contributed by atoms with E-state index in [0.717, 1.165) is 11.3 Å². The number of rotatable bonds is 6. The van der Waals surface area contributed by atoms with E-state index in [-0.39, 0.29) is 12.0 Å². The molecule has 0 aliphatic heterocycles. The molecule has 1 atom stereocenters. The van der Waals surface area contributed by atoms with E-state index in [1.807, 2.05) is 60.1 Å². The minimum Gasteiger partial charge on any atom is -0.378 e. The van der Waals surface area contributed by atoms with Gasteiger partial charge in [-0.15, -0.1) is 0 Å². The lowest BCUT2D eigenvalue weighted by molar-refractivity contribution is 0.0829. The number of nitrogens with one attached hydrogen (secondary N) is 1. The Bertz CT molecular complexity index is 582. The smallest absolute Gasteiger partial charge is 0.251 e. The van der Waals surface area contributed by atoms with E-state index < -0.39 is 0 Å². The van der Waals surface area contributed by atoms with Gasteiger partial charge < -0.3 is 15.0 Å². The average molecular weight is 304 g/mol. The van der Waals surface area contributed by atoms with Gasteiger partial charge in [0, 0.05) is 39.0 Å². The maximum Gasteiger partial charge on any atom is 0.251 e. The molecule has 1 amide bonds. The van der Waals surface area contributed by atoms with Crippen LogP contribution in [0.3, 0.4) is 0 Å². The fourth-order valence-electron chi connectivity index (χ4n) is 2.01. The molecule has 0 aliphatic rings. The predicted octanol–water partition coefficient (Wildman–Crippen LogP) is 2.93. The van der Waals surface area contributed by atoms with Crippen LogP contribution in [0.25, 0.3) is 0 Å². The van der Waals surface area contributed by atoms with Gasteiger partial charge >= 0.3 is 0 Å². The van der Waals surface area contributed by atoms with Crippen LogP contribution in [0.4, 0.5) is 5.69 Å². The molecule has 5 heteroatoms. The molecule has 21 heavy (non-hydrogen) atoms. The molecule has 0 aliphatic carbocycles. The SMILES string of the molecule is COC(CNC(=O)c1cccc(N(C)C)c1)c1ccsc1. The molecule has 1 heterocycles. The Labute approximate surface area is 129 Å². The van der Waals surface area contributed by atoms with Gasteiger partial charge in [-0.2, -0.15) is 11.3 Å². The standard InChI is InChI=1S/C16H20N2O2S/c1-18(2)14-6-4-5-12(9-14)16(19)17-10-15(20-3)13-7-8-21-11-13/h4-9,11,15H,10H2,1-3H3,(H,17,19). The molecule has 0 bridgehead atoms. The first-order chi connectivity index (χ1) is 10.1. The van der Waals surface area contributed by atoms with Gasteiger partial charge in [0.05, 0.1) is 0 Å². The largest absolute Gasteiger partial charge is 0.378 e. The van der Waals surface area contributed by atoms with E-state index in [2.05, 4.69) is 5.32 Å². The van der Waals surface area contributed by atoms with Crippen molar-refractivity contribution >= 4 is 22.9 Å². The number of anilines is 1. The van der Waals surface area contributed by atoms with Crippen molar-refractivity contribution in [2.75, 3.05) is 32.6 Å². The quantitative estimate of drug-likeness (QED) is 0.892. The van der Waals surface area contributed by atoms with Gasteiger partial charge in [0.1, 0.15) is 6.10 Å². The Morgan fingerprint density at radius 2 is 2.19 bits per heavy atom. The second kappa shape index (κ2) is 7.24. The molecule has 2 rings (SSSR count). The Hall–Kier alpha value is -1.85. The molecular weight excluding hydrogens is 284 g/mol. The van der Waals surface area contributed by atoms with E-state index in [1.165, 1.54) is 0 Å². The molecule has 1 aromatic carbocycles. The summed E-state index contributed by atoms with van der Waals surface area (Å²) >= 11 is 1.62. The van der Waals surface area contributed by atoms with Crippen LogP contribution in [0.5, 0.6) is 0 Å². The van der Waals surface area contributed by atoms with Crippen LogP contribution in [0, 0.1) is 0 Å². The highest BCUT2D eigenvalue weighted by atomic mass is 32.1. The topological polar surface area (TPSA) is 41.6 Å². The summed E-state index contributed by atoms with van der Waals surface area (Å²) in [7, 11) is 5.56. The zero-order valence-corrected chi connectivity index (χ0v) is 13.3. The van der Waals surface area contributed by atoms with Gasteiger partial charge in [-0.1, -0.05) is 6.07 Å². The minimum absolute atomic E-state index is 0.0871. The second-order valence-electron chi connectivity index (χ2n) is 4.94. The van der Waals surface area contributed by atoms with Crippen molar-refractivity contribution in [1.82, 2.24) is 5.32 Å². The van der Waals surface area contributed by atoms with Crippen molar-refractivity contribution in [3.8, 4) is 0 Å². The summed E-state index contributed by atoms with van der Waals surface area (Å²) in [5, 5.41) is 6.96. The second-order valence-corrected chi connectivity index (χ2v) is 5.72. The maximum atomic E-state index is 12.2. The molecule has 1 aromatic heterocycles. The van der Waals surface area contributed by atoms with Gasteiger partial charge in [-0.25, -0.2) is 0 Å². The Balaban J connectivity index is 1.99. The molecule has 4 nitrogen and oxygen atoms in total. The Morgan fingerprint density at radius 3 is 2.81 bits per heavy atom. The van der Waals surface area contributed by atoms with Crippen LogP contribution in [-0.4, -0.2) is 33.7 Å². The van der Waals surface area contributed by atoms with E-state index in [9.17, 15) is 4.79 Å². The van der Waals surface area contributed by atoms with Crippen LogP contribution in [-0.2, 0) is 4.74 Å². The molecule has 0 radical (unpaired) electrons. The van der Waals surface area contributed by atoms with E-state index in [4.69, 9.17) is 4.74 Å². The number of benzene rings is 1. The Morgan fingerprint density at radius 1 is 1.38 bits per heavy atom. The first kappa shape index (κ1) is 15.5. The number of carbonyl (C=O) groups is 1. The third-order valence-corrected chi connectivity index (χ3v) is 3.97. The van der Waals surface area contributed by atoms with E-state index in [1.54, 1.807) is 18.4 Å². The average Bonchev–Trinajstić information content (AvgIpc) is 3.02. The first-order valence-corrected chi connectivity index (χ1v) is 7.66. The highest BCUT2D eigenvalue weighted by Gasteiger charge is 2.13. The van der Waals surface area contributed by atoms with Crippen LogP contribution in [0.1, 0.15) is 22.0 Å². The number of hydrogen-bond donors (Lipinski definition) is 1. The fraction of sp³-hybridized carbons (Fsp3) is 0.312. The first-order valence-electron chi connectivity index (χ1n) is 6.72. The molecular formula is C16H20N2O2S. The molecule has 2 aromatic rings. The Kier molecular flexibility index (Phi) is 5.36. The van der Waals surface area contributed by atoms with Gasteiger partial charge in [-0.05, 0) is 40.6 Å². The number of amides is 1. The highest BCUT2D eigenvalue weighted by molar-refractivity contribution is 7.07. The van der Waals surface area contributed by atoms with E-state index >= 15 is 0 Å². The molecule has 0 saturated heterocycles. The van der Waals surface area contributed by atoms with Crippen molar-refractivity contribution in [1.29, 1.82) is 0 Å². The lowest BCUT2D eigenvalue weighted by Gasteiger charge is -2.16. The summed E-state index contributed by atoms with van der Waals surface area (Å²) in [6.45, 7) is 0.457. The summed E-state index contributed by atoms with van der Waals surface area (Å²) in [5.74, 6) is -0.0871. The molecule has 0 spiro atoms. The zero-order chi connectivity index (χ0) is 15.2. The van der Waals surface area contributed by atoms with Crippen molar-refractivity contribution in [2.45, 2.75) is 6.10 Å². The molecule has 0 fully saturated rings. The molecule has 1 unspecified atom stereocenters. The maximum absolute atomic E-state index is 12.2. The van der Waals surface area contributed by atoms with Crippen molar-refractivity contribution in [3.63, 3.8) is 0 Å². The number of methoxy groups -OCH3 is 1. The number of nitrogens with zero attached hydrogens (tertiary/aromatic N) is 1. The van der Waals surface area contributed by atoms with Gasteiger partial charge in [0.2, 0.25) is 0 Å². The van der Waals surface area contributed by atoms with Gasteiger partial charge in [0.25, 0.3) is 5.91 Å². The number of thiophene rings is 1. The van der Waals surface area contributed by atoms with Crippen LogP contribution in [0.15, 0.2) is 41.1 Å². The molecule has 1 N–H and O–H groups in total. The number of carbonyl (C=O) groups excluding carboxylic acids is 1. The van der Waals surface area contributed by atoms with Crippen molar-refractivity contribution in [2.24, 2.45) is 0 Å². The highest BCUT2D eigenvalue weighted by Crippen LogP contribution is 2.19. The summed E-state index contributed by atoms with van der Waals surface area (Å²) in [6.07, 6.45) is -0.114. The van der Waals surface area contributed by atoms with Crippen LogP contribution in [0.2, 0.25) is 0 Å². The lowest BCUT2D eigenvalue weighted by atomic mass is 10.1. The summed E-state index contributed by atoms with van der Waals surface area (Å²) in [5.41, 5.74) is 2.75. The number of ether oxygens (including phenoxy) is 1. The van der Waals surface area contributed by atoms with Crippen LogP contribution < -0.4 is 10.2 Å². The molecule has 0 saturated carbocycles. The lowest BCUT2D eigenvalue weighted by Crippen LogP contribution is -2.29. The summed E-state index contributed by atoms with van der Waals surface area (Å²) in [4.78, 5) is 14.2. The van der Waals surface area contributed by atoms with Gasteiger partial charge in [-0.3, -0.25) is 4.79 Å². The third-order valence-electron chi connectivity index (χ3n) is 3.27. The summed E-state index contributed by atoms with van der Waals surface area (Å²) < 4.78 is 5.43. The zero-order valence-electron chi connectivity index (χ0n) is 12.5. The monoisotopic (exact) mass is 304 g/mol. The predicted molar refractivity (Wildman–Crippen MR) is 87.2 cm³/mol.